The van der Waals surface area contributed by atoms with Gasteiger partial charge >= 0.3 is 6.18 Å². The zero-order valence-electron chi connectivity index (χ0n) is 14.6. The minimum Gasteiger partial charge on any atom is -0.379 e. The van der Waals surface area contributed by atoms with Gasteiger partial charge in [-0.15, -0.1) is 0 Å². The number of thioether (sulfide) groups is 1. The Labute approximate surface area is 172 Å². The Hall–Kier alpha value is -2.40. The maximum absolute atomic E-state index is 13.8. The molecule has 0 radical (unpaired) electrons. The van der Waals surface area contributed by atoms with Crippen molar-refractivity contribution in [2.24, 2.45) is 10.7 Å². The van der Waals surface area contributed by atoms with E-state index < -0.39 is 35.6 Å². The highest BCUT2D eigenvalue weighted by Gasteiger charge is 2.38. The van der Waals surface area contributed by atoms with Crippen LogP contribution in [-0.4, -0.2) is 33.5 Å². The van der Waals surface area contributed by atoms with Gasteiger partial charge in [0, 0.05) is 23.8 Å². The van der Waals surface area contributed by atoms with Crippen molar-refractivity contribution in [3.63, 3.8) is 0 Å². The number of hydrogen-bond acceptors (Lipinski definition) is 6. The Bertz CT molecular complexity index is 971. The predicted molar refractivity (Wildman–Crippen MR) is 103 cm³/mol. The summed E-state index contributed by atoms with van der Waals surface area (Å²) in [4.78, 5) is 24.2. The lowest BCUT2D eigenvalue weighted by molar-refractivity contribution is -0.138. The van der Waals surface area contributed by atoms with Gasteiger partial charge in [0.15, 0.2) is 5.17 Å². The van der Waals surface area contributed by atoms with Gasteiger partial charge in [0.1, 0.15) is 17.9 Å². The quantitative estimate of drug-likeness (QED) is 0.690. The summed E-state index contributed by atoms with van der Waals surface area (Å²) >= 11 is 6.86. The highest BCUT2D eigenvalue weighted by atomic mass is 35.5. The van der Waals surface area contributed by atoms with Crippen LogP contribution in [0.5, 0.6) is 0 Å². The lowest BCUT2D eigenvalue weighted by Gasteiger charge is -2.30. The Balaban J connectivity index is 1.92. The Morgan fingerprint density at radius 2 is 2.10 bits per heavy atom. The number of halogens is 5. The molecule has 2 aromatic heterocycles. The van der Waals surface area contributed by atoms with Gasteiger partial charge in [-0.05, 0) is 24.6 Å². The molecule has 0 aromatic carbocycles. The average Bonchev–Trinajstić information content (AvgIpc) is 2.67. The van der Waals surface area contributed by atoms with Crippen molar-refractivity contribution in [1.29, 1.82) is 0 Å². The maximum atomic E-state index is 13.8. The lowest BCUT2D eigenvalue weighted by atomic mass is 9.93. The lowest BCUT2D eigenvalue weighted by Crippen LogP contribution is -2.34. The van der Waals surface area contributed by atoms with E-state index in [0.29, 0.717) is 18.2 Å². The number of aromatic nitrogens is 2. The normalized spacial score (nSPS) is 19.6. The summed E-state index contributed by atoms with van der Waals surface area (Å²) in [6.07, 6.45) is -2.25. The van der Waals surface area contributed by atoms with E-state index in [2.05, 4.69) is 20.3 Å². The number of anilines is 1. The smallest absolute Gasteiger partial charge is 0.379 e. The summed E-state index contributed by atoms with van der Waals surface area (Å²) in [7, 11) is 0. The third-order valence-corrected chi connectivity index (χ3v) is 5.18. The molecule has 1 atom stereocenters. The van der Waals surface area contributed by atoms with Gasteiger partial charge in [0.05, 0.1) is 16.3 Å². The number of hydrogen-bond donors (Lipinski definition) is 2. The molecule has 0 saturated heterocycles. The first-order valence-corrected chi connectivity index (χ1v) is 9.56. The van der Waals surface area contributed by atoms with Crippen LogP contribution < -0.4 is 11.1 Å². The van der Waals surface area contributed by atoms with Crippen LogP contribution in [0.25, 0.3) is 0 Å². The number of nitrogens with one attached hydrogen (secondary N) is 1. The number of nitrogens with two attached hydrogens (primary N) is 1. The van der Waals surface area contributed by atoms with Gasteiger partial charge in [-0.25, -0.2) is 14.4 Å². The number of alkyl halides is 4. The van der Waals surface area contributed by atoms with Gasteiger partial charge in [0.2, 0.25) is 0 Å². The van der Waals surface area contributed by atoms with E-state index in [1.165, 1.54) is 30.1 Å². The number of amidine groups is 1. The van der Waals surface area contributed by atoms with Crippen molar-refractivity contribution in [1.82, 2.24) is 9.97 Å². The molecule has 0 saturated carbocycles. The number of rotatable bonds is 4. The van der Waals surface area contributed by atoms with Gasteiger partial charge in [-0.1, -0.05) is 23.4 Å². The largest absolute Gasteiger partial charge is 0.418 e. The van der Waals surface area contributed by atoms with Gasteiger partial charge in [-0.3, -0.25) is 9.78 Å². The fourth-order valence-corrected chi connectivity index (χ4v) is 3.81. The molecule has 0 fully saturated rings. The zero-order valence-corrected chi connectivity index (χ0v) is 16.2. The van der Waals surface area contributed by atoms with Crippen molar-refractivity contribution >= 4 is 40.1 Å². The van der Waals surface area contributed by atoms with Crippen molar-refractivity contribution in [3.8, 4) is 0 Å². The molecule has 1 amide bonds. The number of carbonyl (C=O) groups excluding carboxylic acids is 1. The molecule has 0 unspecified atom stereocenters. The van der Waals surface area contributed by atoms with E-state index in [0.717, 1.165) is 6.20 Å². The molecular weight excluding hydrogens is 434 g/mol. The van der Waals surface area contributed by atoms with Gasteiger partial charge in [-0.2, -0.15) is 13.2 Å². The van der Waals surface area contributed by atoms with Crippen molar-refractivity contribution in [3.05, 3.63) is 52.6 Å². The second-order valence-corrected chi connectivity index (χ2v) is 7.70. The summed E-state index contributed by atoms with van der Waals surface area (Å²) in [5.74, 6) is -0.566. The highest BCUT2D eigenvalue weighted by Crippen LogP contribution is 2.36. The molecule has 12 heteroatoms. The van der Waals surface area contributed by atoms with Gasteiger partial charge < -0.3 is 11.1 Å². The zero-order chi connectivity index (χ0) is 21.2. The van der Waals surface area contributed by atoms with E-state index in [1.807, 2.05) is 0 Å². The monoisotopic (exact) mass is 447 g/mol. The number of carbonyl (C=O) groups is 1. The van der Waals surface area contributed by atoms with Crippen LogP contribution in [0.2, 0.25) is 5.02 Å². The maximum Gasteiger partial charge on any atom is 0.418 e. The number of nitrogens with zero attached hydrogens (tertiary/aromatic N) is 3. The summed E-state index contributed by atoms with van der Waals surface area (Å²) in [5, 5.41) is 2.29. The Morgan fingerprint density at radius 3 is 2.76 bits per heavy atom. The third kappa shape index (κ3) is 4.61. The Kier molecular flexibility index (Phi) is 5.99. The van der Waals surface area contributed by atoms with E-state index in [-0.39, 0.29) is 21.6 Å². The SMILES string of the molecule is NC1=N[C@](CF)(c2cc(NC(=O)c3ncc(Cl)cc3C(F)(F)F)ccn2)CCS1. The summed E-state index contributed by atoms with van der Waals surface area (Å²) in [6, 6.07) is 3.34. The van der Waals surface area contributed by atoms with Crippen molar-refractivity contribution in [2.45, 2.75) is 18.1 Å². The fraction of sp³-hybridized carbons (Fsp3) is 0.294. The van der Waals surface area contributed by atoms with E-state index in [4.69, 9.17) is 17.3 Å². The van der Waals surface area contributed by atoms with E-state index >= 15 is 0 Å². The van der Waals surface area contributed by atoms with Crippen LogP contribution in [0, 0.1) is 0 Å². The molecule has 0 aliphatic carbocycles. The summed E-state index contributed by atoms with van der Waals surface area (Å²) in [5.41, 5.74) is 2.63. The summed E-state index contributed by atoms with van der Waals surface area (Å²) in [6.45, 7) is -0.865. The molecule has 3 N–H and O–H groups in total. The molecule has 154 valence electrons. The molecule has 1 aliphatic heterocycles. The topological polar surface area (TPSA) is 93.3 Å². The van der Waals surface area contributed by atoms with Crippen LogP contribution >= 0.6 is 23.4 Å². The minimum absolute atomic E-state index is 0.115. The standard InChI is InChI=1S/C17H14ClF4N5OS/c18-9-5-11(17(20,21)22)13(25-7-9)14(28)26-10-1-3-24-12(6-10)16(8-19)2-4-29-15(23)27-16/h1,3,5-7H,2,4,8H2,(H2,23,27)(H,24,26,28)/t16-/m1/s1. The second-order valence-electron chi connectivity index (χ2n) is 6.15. The van der Waals surface area contributed by atoms with Crippen molar-refractivity contribution in [2.75, 3.05) is 17.7 Å². The van der Waals surface area contributed by atoms with E-state index in [1.54, 1.807) is 0 Å². The minimum atomic E-state index is -4.82. The first-order chi connectivity index (χ1) is 13.6. The number of amides is 1. The molecule has 1 aliphatic rings. The average molecular weight is 448 g/mol. The number of pyridine rings is 2. The van der Waals surface area contributed by atoms with Crippen LogP contribution in [0.3, 0.4) is 0 Å². The second kappa shape index (κ2) is 8.15. The molecule has 3 rings (SSSR count). The molecule has 3 heterocycles. The van der Waals surface area contributed by atoms with Crippen LogP contribution in [0.15, 0.2) is 35.6 Å². The predicted octanol–water partition coefficient (Wildman–Crippen LogP) is 4.02. The highest BCUT2D eigenvalue weighted by molar-refractivity contribution is 8.13. The fourth-order valence-electron chi connectivity index (χ4n) is 2.76. The first-order valence-electron chi connectivity index (χ1n) is 8.19. The molecule has 0 bridgehead atoms. The summed E-state index contributed by atoms with van der Waals surface area (Å²) < 4.78 is 53.5. The molecule has 0 spiro atoms. The molecular formula is C17H14ClF4N5OS. The molecule has 29 heavy (non-hydrogen) atoms. The third-order valence-electron chi connectivity index (χ3n) is 4.18. The molecule has 2 aromatic rings. The van der Waals surface area contributed by atoms with Crippen LogP contribution in [-0.2, 0) is 11.7 Å². The first kappa shape index (κ1) is 21.3. The number of aliphatic imine (C=N–C) groups is 1. The van der Waals surface area contributed by atoms with E-state index in [9.17, 15) is 22.4 Å². The van der Waals surface area contributed by atoms with Gasteiger partial charge in [0.25, 0.3) is 5.91 Å². The van der Waals surface area contributed by atoms with Crippen LogP contribution in [0.4, 0.5) is 23.2 Å². The molecule has 6 nitrogen and oxygen atoms in total. The Morgan fingerprint density at radius 1 is 1.34 bits per heavy atom. The van der Waals surface area contributed by atoms with Crippen molar-refractivity contribution < 1.29 is 22.4 Å². The van der Waals surface area contributed by atoms with Crippen LogP contribution in [0.1, 0.15) is 28.2 Å².